The smallest absolute Gasteiger partial charge is 0.410 e. The van der Waals surface area contributed by atoms with E-state index in [1.54, 1.807) is 4.90 Å². The molecule has 0 saturated carbocycles. The van der Waals surface area contributed by atoms with Gasteiger partial charge < -0.3 is 9.64 Å². The number of hydrogen-bond donors (Lipinski definition) is 0. The molecule has 2 heterocycles. The third kappa shape index (κ3) is 4.92. The van der Waals surface area contributed by atoms with Crippen LogP contribution in [0.2, 0.25) is 0 Å². The Morgan fingerprint density at radius 1 is 1.16 bits per heavy atom. The molecule has 25 heavy (non-hydrogen) atoms. The largest absolute Gasteiger partial charge is 0.444 e. The molecular weight excluding hydrogens is 314 g/mol. The average Bonchev–Trinajstić information content (AvgIpc) is 2.59. The monoisotopic (exact) mass is 341 g/mol. The summed E-state index contributed by atoms with van der Waals surface area (Å²) in [7, 11) is 0. The van der Waals surface area contributed by atoms with E-state index in [1.807, 2.05) is 45.2 Å². The zero-order valence-electron chi connectivity index (χ0n) is 15.4. The fourth-order valence-corrected chi connectivity index (χ4v) is 3.02. The molecule has 1 saturated heterocycles. The molecule has 0 unspecified atom stereocenters. The van der Waals surface area contributed by atoms with Crippen LogP contribution in [0.4, 0.5) is 4.79 Å². The van der Waals surface area contributed by atoms with E-state index < -0.39 is 5.60 Å². The van der Waals surface area contributed by atoms with E-state index in [0.29, 0.717) is 0 Å². The molecule has 2 aromatic rings. The van der Waals surface area contributed by atoms with Gasteiger partial charge in [-0.1, -0.05) is 18.2 Å². The predicted octanol–water partition coefficient (Wildman–Crippen LogP) is 3.33. The van der Waals surface area contributed by atoms with Gasteiger partial charge in [0.2, 0.25) is 0 Å². The number of carbonyl (C=O) groups is 1. The number of hydrogen-bond acceptors (Lipinski definition) is 4. The summed E-state index contributed by atoms with van der Waals surface area (Å²) in [4.78, 5) is 20.8. The highest BCUT2D eigenvalue weighted by Crippen LogP contribution is 2.15. The average molecular weight is 341 g/mol. The number of aromatic nitrogens is 1. The van der Waals surface area contributed by atoms with Gasteiger partial charge in [-0.2, -0.15) is 0 Å². The minimum Gasteiger partial charge on any atom is -0.444 e. The summed E-state index contributed by atoms with van der Waals surface area (Å²) in [5.74, 6) is 0. The Hall–Kier alpha value is -2.14. The van der Waals surface area contributed by atoms with Gasteiger partial charge in [-0.3, -0.25) is 9.88 Å². The molecule has 134 valence electrons. The number of rotatable bonds is 3. The minimum atomic E-state index is -0.433. The second kappa shape index (κ2) is 7.40. The lowest BCUT2D eigenvalue weighted by atomic mass is 10.1. The number of amides is 1. The van der Waals surface area contributed by atoms with Crippen molar-refractivity contribution in [2.24, 2.45) is 0 Å². The summed E-state index contributed by atoms with van der Waals surface area (Å²) < 4.78 is 5.44. The number of pyridine rings is 1. The molecule has 0 aliphatic carbocycles. The molecule has 1 aromatic heterocycles. The third-order valence-corrected chi connectivity index (χ3v) is 4.39. The van der Waals surface area contributed by atoms with E-state index in [1.165, 1.54) is 10.9 Å². The Labute approximate surface area is 149 Å². The normalized spacial score (nSPS) is 16.2. The van der Waals surface area contributed by atoms with Crippen molar-refractivity contribution in [3.05, 3.63) is 42.1 Å². The van der Waals surface area contributed by atoms with Gasteiger partial charge in [-0.25, -0.2) is 4.79 Å². The fourth-order valence-electron chi connectivity index (χ4n) is 3.02. The lowest BCUT2D eigenvalue weighted by Crippen LogP contribution is -2.50. The van der Waals surface area contributed by atoms with Crippen molar-refractivity contribution >= 4 is 17.0 Å². The van der Waals surface area contributed by atoms with Crippen molar-refractivity contribution in [1.82, 2.24) is 14.8 Å². The van der Waals surface area contributed by atoms with Crippen molar-refractivity contribution in [2.75, 3.05) is 32.7 Å². The predicted molar refractivity (Wildman–Crippen MR) is 99.7 cm³/mol. The van der Waals surface area contributed by atoms with E-state index in [2.05, 4.69) is 22.0 Å². The van der Waals surface area contributed by atoms with Crippen molar-refractivity contribution in [2.45, 2.75) is 32.8 Å². The van der Waals surface area contributed by atoms with E-state index in [4.69, 9.17) is 4.74 Å². The highest BCUT2D eigenvalue weighted by molar-refractivity contribution is 5.78. The number of benzene rings is 1. The van der Waals surface area contributed by atoms with E-state index in [0.717, 1.165) is 44.7 Å². The molecule has 1 amide bonds. The van der Waals surface area contributed by atoms with Crippen molar-refractivity contribution in [1.29, 1.82) is 0 Å². The second-order valence-corrected chi connectivity index (χ2v) is 7.60. The lowest BCUT2D eigenvalue weighted by Gasteiger charge is -2.35. The topological polar surface area (TPSA) is 45.7 Å². The molecule has 0 radical (unpaired) electrons. The molecule has 1 aromatic carbocycles. The van der Waals surface area contributed by atoms with Crippen molar-refractivity contribution in [3.8, 4) is 0 Å². The summed E-state index contributed by atoms with van der Waals surface area (Å²) in [5, 5.41) is 1.19. The SMILES string of the molecule is CC(C)(C)OC(=O)N1CCN(CCc2cnc3ccccc3c2)CC1. The van der Waals surface area contributed by atoms with Crippen LogP contribution in [0.5, 0.6) is 0 Å². The molecule has 0 atom stereocenters. The first-order valence-corrected chi connectivity index (χ1v) is 8.95. The highest BCUT2D eigenvalue weighted by Gasteiger charge is 2.25. The molecule has 1 aliphatic heterocycles. The number of fused-ring (bicyclic) bond motifs is 1. The Morgan fingerprint density at radius 2 is 1.88 bits per heavy atom. The molecule has 1 fully saturated rings. The molecule has 1 aliphatic rings. The van der Waals surface area contributed by atoms with Crippen LogP contribution in [-0.4, -0.2) is 59.2 Å². The van der Waals surface area contributed by atoms with Gasteiger partial charge in [0.25, 0.3) is 0 Å². The minimum absolute atomic E-state index is 0.203. The van der Waals surface area contributed by atoms with Crippen LogP contribution in [0, 0.1) is 0 Å². The third-order valence-electron chi connectivity index (χ3n) is 4.39. The number of nitrogens with zero attached hydrogens (tertiary/aromatic N) is 3. The molecule has 0 N–H and O–H groups in total. The number of para-hydroxylation sites is 1. The number of ether oxygens (including phenoxy) is 1. The quantitative estimate of drug-likeness (QED) is 0.859. The Morgan fingerprint density at radius 3 is 2.60 bits per heavy atom. The summed E-state index contributed by atoms with van der Waals surface area (Å²) in [6, 6.07) is 10.4. The Balaban J connectivity index is 1.48. The van der Waals surface area contributed by atoms with Gasteiger partial charge in [0.1, 0.15) is 5.60 Å². The van der Waals surface area contributed by atoms with Crippen molar-refractivity contribution in [3.63, 3.8) is 0 Å². The number of carbonyl (C=O) groups excluding carboxylic acids is 1. The Kier molecular flexibility index (Phi) is 5.23. The molecule has 5 nitrogen and oxygen atoms in total. The molecular formula is C20H27N3O2. The van der Waals surface area contributed by atoms with Gasteiger partial charge >= 0.3 is 6.09 Å². The maximum Gasteiger partial charge on any atom is 0.410 e. The first-order chi connectivity index (χ1) is 11.9. The molecule has 0 bridgehead atoms. The fraction of sp³-hybridized carbons (Fsp3) is 0.500. The van der Waals surface area contributed by atoms with Crippen LogP contribution in [0.15, 0.2) is 36.5 Å². The summed E-state index contributed by atoms with van der Waals surface area (Å²) >= 11 is 0. The van der Waals surface area contributed by atoms with Crippen molar-refractivity contribution < 1.29 is 9.53 Å². The van der Waals surface area contributed by atoms with Crippen LogP contribution in [-0.2, 0) is 11.2 Å². The van der Waals surface area contributed by atoms with E-state index in [9.17, 15) is 4.79 Å². The van der Waals surface area contributed by atoms with Crippen LogP contribution in [0.25, 0.3) is 10.9 Å². The maximum atomic E-state index is 12.1. The summed E-state index contributed by atoms with van der Waals surface area (Å²) in [5.41, 5.74) is 1.86. The van der Waals surface area contributed by atoms with Gasteiger partial charge in [0.05, 0.1) is 5.52 Å². The maximum absolute atomic E-state index is 12.1. The first kappa shape index (κ1) is 17.7. The second-order valence-electron chi connectivity index (χ2n) is 7.60. The van der Waals surface area contributed by atoms with E-state index >= 15 is 0 Å². The lowest BCUT2D eigenvalue weighted by molar-refractivity contribution is 0.0146. The van der Waals surface area contributed by atoms with Crippen LogP contribution in [0.3, 0.4) is 0 Å². The number of piperazine rings is 1. The highest BCUT2D eigenvalue weighted by atomic mass is 16.6. The zero-order valence-corrected chi connectivity index (χ0v) is 15.4. The van der Waals surface area contributed by atoms with Gasteiger partial charge in [-0.15, -0.1) is 0 Å². The van der Waals surface area contributed by atoms with Crippen LogP contribution < -0.4 is 0 Å². The zero-order chi connectivity index (χ0) is 17.9. The van der Waals surface area contributed by atoms with E-state index in [-0.39, 0.29) is 6.09 Å². The summed E-state index contributed by atoms with van der Waals surface area (Å²) in [6.07, 6.45) is 2.75. The van der Waals surface area contributed by atoms with Crippen LogP contribution >= 0.6 is 0 Å². The van der Waals surface area contributed by atoms with Gasteiger partial charge in [-0.05, 0) is 44.9 Å². The molecule has 5 heteroatoms. The first-order valence-electron chi connectivity index (χ1n) is 8.95. The Bertz CT molecular complexity index is 731. The van der Waals surface area contributed by atoms with Crippen LogP contribution in [0.1, 0.15) is 26.3 Å². The molecule has 3 rings (SSSR count). The standard InChI is InChI=1S/C20H27N3O2/c1-20(2,3)25-19(24)23-12-10-22(11-13-23)9-8-16-14-17-6-4-5-7-18(17)21-15-16/h4-7,14-15H,8-13H2,1-3H3. The molecule has 0 spiro atoms. The van der Waals surface area contributed by atoms with Gasteiger partial charge in [0.15, 0.2) is 0 Å². The van der Waals surface area contributed by atoms with Gasteiger partial charge in [0, 0.05) is 44.3 Å². The summed E-state index contributed by atoms with van der Waals surface area (Å²) in [6.45, 7) is 9.93.